The Morgan fingerprint density at radius 2 is 2.21 bits per heavy atom. The minimum absolute atomic E-state index is 0.0391. The Labute approximate surface area is 196 Å². The monoisotopic (exact) mass is 465 g/mol. The zero-order valence-electron chi connectivity index (χ0n) is 19.2. The minimum atomic E-state index is -0.109. The Hall–Kier alpha value is -3.70. The van der Waals surface area contributed by atoms with E-state index in [9.17, 15) is 4.79 Å². The van der Waals surface area contributed by atoms with Gasteiger partial charge in [-0.3, -0.25) is 4.79 Å². The number of aromatic nitrogens is 4. The SMILES string of the molecule is CCN(CCOC)c1nccc2oc(-c3cnc4ccc(OCC5CNCC(=O)N5)nn34)cc12. The summed E-state index contributed by atoms with van der Waals surface area (Å²) < 4.78 is 19.0. The number of ether oxygens (including phenoxy) is 2. The van der Waals surface area contributed by atoms with Crippen LogP contribution >= 0.6 is 0 Å². The van der Waals surface area contributed by atoms with Gasteiger partial charge >= 0.3 is 0 Å². The molecule has 0 radical (unpaired) electrons. The van der Waals surface area contributed by atoms with Gasteiger partial charge in [0.1, 0.15) is 23.7 Å². The predicted molar refractivity (Wildman–Crippen MR) is 126 cm³/mol. The molecular weight excluding hydrogens is 438 g/mol. The average Bonchev–Trinajstić information content (AvgIpc) is 3.47. The number of fused-ring (bicyclic) bond motifs is 2. The third-order valence-electron chi connectivity index (χ3n) is 5.74. The molecule has 1 saturated heterocycles. The van der Waals surface area contributed by atoms with E-state index in [1.807, 2.05) is 18.2 Å². The molecule has 34 heavy (non-hydrogen) atoms. The molecule has 1 atom stereocenters. The molecule has 5 rings (SSSR count). The van der Waals surface area contributed by atoms with Crippen LogP contribution in [0.1, 0.15) is 6.92 Å². The number of anilines is 1. The number of nitrogens with zero attached hydrogens (tertiary/aromatic N) is 5. The van der Waals surface area contributed by atoms with Crippen molar-refractivity contribution in [2.75, 3.05) is 51.4 Å². The summed E-state index contributed by atoms with van der Waals surface area (Å²) in [5.74, 6) is 1.87. The number of likely N-dealkylation sites (N-methyl/N-ethyl adjacent to an activating group) is 1. The van der Waals surface area contributed by atoms with Gasteiger partial charge in [0.05, 0.1) is 30.8 Å². The number of nitrogens with one attached hydrogen (secondary N) is 2. The van der Waals surface area contributed by atoms with Crippen LogP contribution in [0.5, 0.6) is 5.88 Å². The second-order valence-corrected chi connectivity index (χ2v) is 8.02. The maximum Gasteiger partial charge on any atom is 0.234 e. The molecule has 178 valence electrons. The van der Waals surface area contributed by atoms with E-state index in [-0.39, 0.29) is 11.9 Å². The fourth-order valence-corrected chi connectivity index (χ4v) is 4.02. The second-order valence-electron chi connectivity index (χ2n) is 8.02. The first-order valence-electron chi connectivity index (χ1n) is 11.3. The lowest BCUT2D eigenvalue weighted by atomic mass is 10.2. The highest BCUT2D eigenvalue weighted by Gasteiger charge is 2.20. The van der Waals surface area contributed by atoms with Gasteiger partial charge in [0.2, 0.25) is 11.8 Å². The Morgan fingerprint density at radius 1 is 1.29 bits per heavy atom. The molecule has 1 aliphatic rings. The summed E-state index contributed by atoms with van der Waals surface area (Å²) in [4.78, 5) is 22.8. The Kier molecular flexibility index (Phi) is 6.28. The molecule has 1 amide bonds. The highest BCUT2D eigenvalue weighted by Crippen LogP contribution is 2.33. The van der Waals surface area contributed by atoms with Crippen LogP contribution in [0.15, 0.2) is 41.1 Å². The van der Waals surface area contributed by atoms with E-state index < -0.39 is 0 Å². The van der Waals surface area contributed by atoms with E-state index in [0.29, 0.717) is 49.3 Å². The van der Waals surface area contributed by atoms with Gasteiger partial charge in [-0.15, -0.1) is 5.10 Å². The molecule has 11 heteroatoms. The van der Waals surface area contributed by atoms with Gasteiger partial charge in [0, 0.05) is 39.0 Å². The first-order valence-corrected chi connectivity index (χ1v) is 11.3. The topological polar surface area (TPSA) is 119 Å². The lowest BCUT2D eigenvalue weighted by molar-refractivity contribution is -0.122. The molecule has 11 nitrogen and oxygen atoms in total. The number of hydrogen-bond acceptors (Lipinski definition) is 9. The fourth-order valence-electron chi connectivity index (χ4n) is 4.02. The van der Waals surface area contributed by atoms with Crippen molar-refractivity contribution in [2.24, 2.45) is 0 Å². The molecule has 4 aromatic rings. The first kappa shape index (κ1) is 22.1. The number of amides is 1. The highest BCUT2D eigenvalue weighted by atomic mass is 16.5. The van der Waals surface area contributed by atoms with Gasteiger partial charge in [-0.25, -0.2) is 14.5 Å². The van der Waals surface area contributed by atoms with E-state index in [4.69, 9.17) is 13.9 Å². The van der Waals surface area contributed by atoms with Crippen LogP contribution in [0.3, 0.4) is 0 Å². The van der Waals surface area contributed by atoms with E-state index in [1.165, 1.54) is 0 Å². The van der Waals surface area contributed by atoms with Crippen LogP contribution in [0.2, 0.25) is 0 Å². The van der Waals surface area contributed by atoms with Crippen molar-refractivity contribution in [1.82, 2.24) is 30.2 Å². The summed E-state index contributed by atoms with van der Waals surface area (Å²) in [6.45, 7) is 5.52. The van der Waals surface area contributed by atoms with Crippen LogP contribution in [0, 0.1) is 0 Å². The summed E-state index contributed by atoms with van der Waals surface area (Å²) in [6, 6.07) is 7.31. The molecule has 1 fully saturated rings. The largest absolute Gasteiger partial charge is 0.474 e. The Balaban J connectivity index is 1.43. The number of hydrogen-bond donors (Lipinski definition) is 2. The van der Waals surface area contributed by atoms with Crippen LogP contribution in [0.25, 0.3) is 28.1 Å². The summed E-state index contributed by atoms with van der Waals surface area (Å²) in [5.41, 5.74) is 2.11. The molecule has 0 spiro atoms. The Bertz CT molecular complexity index is 1300. The zero-order chi connectivity index (χ0) is 23.5. The number of piperazine rings is 1. The van der Waals surface area contributed by atoms with Crippen LogP contribution in [-0.4, -0.2) is 78.0 Å². The number of imidazole rings is 1. The van der Waals surface area contributed by atoms with E-state index in [1.54, 1.807) is 30.1 Å². The standard InChI is InChI=1S/C23H27N7O4/c1-3-29(8-9-32-2)23-16-10-19(34-18(16)6-7-25-23)17-12-26-20-4-5-22(28-30(17)20)33-14-15-11-24-13-21(31)27-15/h4-7,10,12,15,24H,3,8-9,11,13-14H2,1-2H3,(H,27,31). The molecular formula is C23H27N7O4. The van der Waals surface area contributed by atoms with Gasteiger partial charge in [0.15, 0.2) is 11.4 Å². The maximum absolute atomic E-state index is 11.6. The lowest BCUT2D eigenvalue weighted by Gasteiger charge is -2.23. The average molecular weight is 466 g/mol. The van der Waals surface area contributed by atoms with E-state index in [0.717, 1.165) is 29.9 Å². The summed E-state index contributed by atoms with van der Waals surface area (Å²) in [6.07, 6.45) is 3.47. The van der Waals surface area contributed by atoms with Crippen molar-refractivity contribution >= 4 is 28.3 Å². The van der Waals surface area contributed by atoms with Gasteiger partial charge in [-0.1, -0.05) is 0 Å². The molecule has 1 aliphatic heterocycles. The summed E-state index contributed by atoms with van der Waals surface area (Å²) in [7, 11) is 1.69. The molecule has 4 aromatic heterocycles. The predicted octanol–water partition coefficient (Wildman–Crippen LogP) is 1.48. The lowest BCUT2D eigenvalue weighted by Crippen LogP contribution is -2.54. The molecule has 0 bridgehead atoms. The number of furan rings is 1. The fraction of sp³-hybridized carbons (Fsp3) is 0.391. The van der Waals surface area contributed by atoms with Gasteiger partial charge in [-0.05, 0) is 25.1 Å². The number of carbonyl (C=O) groups is 1. The van der Waals surface area contributed by atoms with Crippen LogP contribution < -0.4 is 20.3 Å². The quantitative estimate of drug-likeness (QED) is 0.379. The maximum atomic E-state index is 11.6. The minimum Gasteiger partial charge on any atom is -0.474 e. The van der Waals surface area contributed by atoms with Gasteiger partial charge < -0.3 is 29.4 Å². The molecule has 1 unspecified atom stereocenters. The summed E-state index contributed by atoms with van der Waals surface area (Å²) >= 11 is 0. The number of carbonyl (C=O) groups excluding carboxylic acids is 1. The van der Waals surface area contributed by atoms with Crippen molar-refractivity contribution in [1.29, 1.82) is 0 Å². The second kappa shape index (κ2) is 9.65. The van der Waals surface area contributed by atoms with Crippen LogP contribution in [-0.2, 0) is 9.53 Å². The molecule has 0 saturated carbocycles. The first-order chi connectivity index (χ1) is 16.7. The Morgan fingerprint density at radius 3 is 3.03 bits per heavy atom. The van der Waals surface area contributed by atoms with Gasteiger partial charge in [-0.2, -0.15) is 0 Å². The number of methoxy groups -OCH3 is 1. The van der Waals surface area contributed by atoms with E-state index in [2.05, 4.69) is 37.5 Å². The van der Waals surface area contributed by atoms with Crippen molar-refractivity contribution in [3.63, 3.8) is 0 Å². The van der Waals surface area contributed by atoms with Crippen molar-refractivity contribution < 1.29 is 18.7 Å². The summed E-state index contributed by atoms with van der Waals surface area (Å²) in [5, 5.41) is 11.5. The molecule has 5 heterocycles. The molecule has 0 aliphatic carbocycles. The van der Waals surface area contributed by atoms with Gasteiger partial charge in [0.25, 0.3) is 0 Å². The molecule has 0 aromatic carbocycles. The highest BCUT2D eigenvalue weighted by molar-refractivity contribution is 5.91. The third kappa shape index (κ3) is 4.39. The zero-order valence-corrected chi connectivity index (χ0v) is 19.2. The molecule has 2 N–H and O–H groups in total. The van der Waals surface area contributed by atoms with Crippen molar-refractivity contribution in [2.45, 2.75) is 13.0 Å². The smallest absolute Gasteiger partial charge is 0.234 e. The number of pyridine rings is 1. The van der Waals surface area contributed by atoms with Crippen molar-refractivity contribution in [3.8, 4) is 17.3 Å². The third-order valence-corrected chi connectivity index (χ3v) is 5.74. The normalized spacial score (nSPS) is 16.2. The number of rotatable bonds is 9. The van der Waals surface area contributed by atoms with Crippen molar-refractivity contribution in [3.05, 3.63) is 36.7 Å². The van der Waals surface area contributed by atoms with E-state index >= 15 is 0 Å². The van der Waals surface area contributed by atoms with Crippen LogP contribution in [0.4, 0.5) is 5.82 Å².